The molecule has 15 heavy (non-hydrogen) atoms. The number of nitrogens with two attached hydrogens (primary N) is 1. The molecule has 1 aliphatic heterocycles. The van der Waals surface area contributed by atoms with Gasteiger partial charge in [-0.15, -0.1) is 0 Å². The smallest absolute Gasteiger partial charge is 0.246 e. The van der Waals surface area contributed by atoms with Crippen molar-refractivity contribution in [1.82, 2.24) is 14.5 Å². The molecular weight excluding hydrogens is 216 g/mol. The van der Waals surface area contributed by atoms with E-state index in [1.165, 1.54) is 10.5 Å². The van der Waals surface area contributed by atoms with E-state index < -0.39 is 10.0 Å². The Balaban J connectivity index is 2.32. The summed E-state index contributed by atoms with van der Waals surface area (Å²) >= 11 is 0. The zero-order chi connectivity index (χ0) is 11.1. The minimum atomic E-state index is -3.40. The molecule has 1 atom stereocenters. The maximum Gasteiger partial charge on any atom is 0.246 e. The van der Waals surface area contributed by atoms with Gasteiger partial charge in [-0.05, 0) is 13.3 Å². The Kier molecular flexibility index (Phi) is 2.53. The van der Waals surface area contributed by atoms with Crippen LogP contribution in [-0.4, -0.2) is 42.1 Å². The van der Waals surface area contributed by atoms with Crippen molar-refractivity contribution in [3.8, 4) is 0 Å². The minimum Gasteiger partial charge on any atom is -0.326 e. The van der Waals surface area contributed by atoms with Crippen LogP contribution in [0.15, 0.2) is 11.1 Å². The van der Waals surface area contributed by atoms with Gasteiger partial charge in [-0.3, -0.25) is 5.10 Å². The predicted octanol–water partition coefficient (Wildman–Crippen LogP) is -0.560. The fourth-order valence-electron chi connectivity index (χ4n) is 1.71. The van der Waals surface area contributed by atoms with Crippen molar-refractivity contribution in [2.45, 2.75) is 24.3 Å². The lowest BCUT2D eigenvalue weighted by atomic mass is 10.3. The molecule has 1 aliphatic rings. The van der Waals surface area contributed by atoms with Gasteiger partial charge < -0.3 is 5.73 Å². The summed E-state index contributed by atoms with van der Waals surface area (Å²) in [5.41, 5.74) is 6.25. The van der Waals surface area contributed by atoms with E-state index in [-0.39, 0.29) is 10.9 Å². The second-order valence-electron chi connectivity index (χ2n) is 3.77. The van der Waals surface area contributed by atoms with Crippen LogP contribution >= 0.6 is 0 Å². The molecule has 0 amide bonds. The number of nitrogens with one attached hydrogen (secondary N) is 1. The van der Waals surface area contributed by atoms with Gasteiger partial charge >= 0.3 is 0 Å². The Morgan fingerprint density at radius 3 is 2.87 bits per heavy atom. The number of H-pyrrole nitrogens is 1. The fraction of sp³-hybridized carbons (Fsp3) is 0.625. The van der Waals surface area contributed by atoms with E-state index in [0.29, 0.717) is 18.8 Å². The third-order valence-electron chi connectivity index (χ3n) is 2.59. The lowest BCUT2D eigenvalue weighted by Crippen LogP contribution is -2.32. The SMILES string of the molecule is Cc1[nH]ncc1S(=O)(=O)N1CC[C@@H](N)C1. The molecule has 1 fully saturated rings. The molecule has 1 aromatic heterocycles. The molecule has 84 valence electrons. The largest absolute Gasteiger partial charge is 0.326 e. The van der Waals surface area contributed by atoms with Gasteiger partial charge in [0.15, 0.2) is 0 Å². The van der Waals surface area contributed by atoms with Crippen molar-refractivity contribution >= 4 is 10.0 Å². The molecule has 6 nitrogen and oxygen atoms in total. The first kappa shape index (κ1) is 10.6. The van der Waals surface area contributed by atoms with Crippen molar-refractivity contribution in [2.24, 2.45) is 5.73 Å². The van der Waals surface area contributed by atoms with Gasteiger partial charge in [-0.1, -0.05) is 0 Å². The van der Waals surface area contributed by atoms with Crippen LogP contribution in [0.2, 0.25) is 0 Å². The van der Waals surface area contributed by atoms with Crippen molar-refractivity contribution < 1.29 is 8.42 Å². The van der Waals surface area contributed by atoms with Crippen molar-refractivity contribution in [2.75, 3.05) is 13.1 Å². The third kappa shape index (κ3) is 1.77. The summed E-state index contributed by atoms with van der Waals surface area (Å²) in [6.45, 7) is 2.58. The molecule has 0 bridgehead atoms. The monoisotopic (exact) mass is 230 g/mol. The second-order valence-corrected chi connectivity index (χ2v) is 5.68. The lowest BCUT2D eigenvalue weighted by Gasteiger charge is -2.14. The number of aromatic nitrogens is 2. The Morgan fingerprint density at radius 1 is 1.67 bits per heavy atom. The number of aryl methyl sites for hydroxylation is 1. The van der Waals surface area contributed by atoms with Gasteiger partial charge in [-0.25, -0.2) is 8.42 Å². The van der Waals surface area contributed by atoms with E-state index in [9.17, 15) is 8.42 Å². The summed E-state index contributed by atoms with van der Waals surface area (Å²) in [5, 5.41) is 6.34. The molecule has 2 heterocycles. The molecule has 0 unspecified atom stereocenters. The fourth-order valence-corrected chi connectivity index (χ4v) is 3.34. The first-order valence-electron chi connectivity index (χ1n) is 4.77. The predicted molar refractivity (Wildman–Crippen MR) is 54.7 cm³/mol. The van der Waals surface area contributed by atoms with E-state index in [2.05, 4.69) is 10.2 Å². The molecule has 0 aliphatic carbocycles. The van der Waals surface area contributed by atoms with Crippen LogP contribution in [0.3, 0.4) is 0 Å². The van der Waals surface area contributed by atoms with Gasteiger partial charge in [0.2, 0.25) is 10.0 Å². The summed E-state index contributed by atoms with van der Waals surface area (Å²) in [6.07, 6.45) is 2.06. The molecule has 0 spiro atoms. The van der Waals surface area contributed by atoms with Crippen molar-refractivity contribution in [3.63, 3.8) is 0 Å². The molecule has 0 aromatic carbocycles. The van der Waals surface area contributed by atoms with E-state index in [1.807, 2.05) is 0 Å². The number of aromatic amines is 1. The highest BCUT2D eigenvalue weighted by atomic mass is 32.2. The quantitative estimate of drug-likeness (QED) is 0.712. The topological polar surface area (TPSA) is 92.1 Å². The second kappa shape index (κ2) is 3.58. The summed E-state index contributed by atoms with van der Waals surface area (Å²) in [4.78, 5) is 0.247. The molecule has 1 aromatic rings. The molecular formula is C8H14N4O2S. The summed E-state index contributed by atoms with van der Waals surface area (Å²) in [5.74, 6) is 0. The van der Waals surface area contributed by atoms with E-state index >= 15 is 0 Å². The van der Waals surface area contributed by atoms with Crippen LogP contribution in [0.25, 0.3) is 0 Å². The molecule has 2 rings (SSSR count). The summed E-state index contributed by atoms with van der Waals surface area (Å²) < 4.78 is 25.6. The van der Waals surface area contributed by atoms with Gasteiger partial charge in [0.25, 0.3) is 0 Å². The van der Waals surface area contributed by atoms with Crippen LogP contribution in [-0.2, 0) is 10.0 Å². The average Bonchev–Trinajstić information content (AvgIpc) is 2.74. The van der Waals surface area contributed by atoms with Crippen LogP contribution in [0.5, 0.6) is 0 Å². The third-order valence-corrected chi connectivity index (χ3v) is 4.57. The molecule has 7 heteroatoms. The highest BCUT2D eigenvalue weighted by Gasteiger charge is 2.32. The van der Waals surface area contributed by atoms with Gasteiger partial charge in [-0.2, -0.15) is 9.40 Å². The average molecular weight is 230 g/mol. The van der Waals surface area contributed by atoms with Crippen molar-refractivity contribution in [1.29, 1.82) is 0 Å². The number of sulfonamides is 1. The summed E-state index contributed by atoms with van der Waals surface area (Å²) in [6, 6.07) is -0.0491. The Hall–Kier alpha value is -0.920. The highest BCUT2D eigenvalue weighted by Crippen LogP contribution is 2.21. The lowest BCUT2D eigenvalue weighted by molar-refractivity contribution is 0.472. The number of rotatable bonds is 2. The van der Waals surface area contributed by atoms with Gasteiger partial charge in [0, 0.05) is 19.1 Å². The number of hydrogen-bond donors (Lipinski definition) is 2. The summed E-state index contributed by atoms with van der Waals surface area (Å²) in [7, 11) is -3.40. The van der Waals surface area contributed by atoms with Crippen LogP contribution in [0.1, 0.15) is 12.1 Å². The first-order chi connectivity index (χ1) is 7.01. The molecule has 1 saturated heterocycles. The standard InChI is InChI=1S/C8H14N4O2S/c1-6-8(4-10-11-6)15(13,14)12-3-2-7(9)5-12/h4,7H,2-3,5,9H2,1H3,(H,10,11)/t7-/m1/s1. The first-order valence-corrected chi connectivity index (χ1v) is 6.21. The zero-order valence-corrected chi connectivity index (χ0v) is 9.29. The van der Waals surface area contributed by atoms with Gasteiger partial charge in [0.05, 0.1) is 11.9 Å². The zero-order valence-electron chi connectivity index (χ0n) is 8.47. The van der Waals surface area contributed by atoms with Crippen LogP contribution < -0.4 is 5.73 Å². The molecule has 0 radical (unpaired) electrons. The van der Waals surface area contributed by atoms with Crippen molar-refractivity contribution in [3.05, 3.63) is 11.9 Å². The highest BCUT2D eigenvalue weighted by molar-refractivity contribution is 7.89. The van der Waals surface area contributed by atoms with Gasteiger partial charge in [0.1, 0.15) is 4.90 Å². The van der Waals surface area contributed by atoms with Crippen LogP contribution in [0, 0.1) is 6.92 Å². The van der Waals surface area contributed by atoms with E-state index in [4.69, 9.17) is 5.73 Å². The minimum absolute atomic E-state index is 0.0491. The molecule has 0 saturated carbocycles. The maximum atomic E-state index is 12.1. The number of nitrogens with zero attached hydrogens (tertiary/aromatic N) is 2. The number of hydrogen-bond acceptors (Lipinski definition) is 4. The maximum absolute atomic E-state index is 12.1. The van der Waals surface area contributed by atoms with E-state index in [0.717, 1.165) is 6.42 Å². The Bertz CT molecular complexity index is 453. The Morgan fingerprint density at radius 2 is 2.40 bits per heavy atom. The molecule has 3 N–H and O–H groups in total. The Labute approximate surface area is 88.5 Å². The van der Waals surface area contributed by atoms with E-state index in [1.54, 1.807) is 6.92 Å². The normalized spacial score (nSPS) is 23.5. The van der Waals surface area contributed by atoms with Crippen LogP contribution in [0.4, 0.5) is 0 Å².